The van der Waals surface area contributed by atoms with Crippen molar-refractivity contribution in [3.63, 3.8) is 0 Å². The molecule has 100 valence electrons. The average Bonchev–Trinajstić information content (AvgIpc) is 2.28. The molecule has 1 rings (SSSR count). The van der Waals surface area contributed by atoms with E-state index in [-0.39, 0.29) is 30.8 Å². The maximum absolute atomic E-state index is 12.0. The Hall–Kier alpha value is -0.650. The maximum atomic E-state index is 12.0. The number of nitrogens with zero attached hydrogens (tertiary/aromatic N) is 1. The van der Waals surface area contributed by atoms with Gasteiger partial charge in [0.2, 0.25) is 5.91 Å². The molecule has 3 unspecified atom stereocenters. The van der Waals surface area contributed by atoms with E-state index in [4.69, 9.17) is 9.84 Å². The molecule has 5 heteroatoms. The summed E-state index contributed by atoms with van der Waals surface area (Å²) in [6, 6.07) is 0.193. The van der Waals surface area contributed by atoms with Crippen molar-refractivity contribution in [1.82, 2.24) is 10.2 Å². The Labute approximate surface area is 103 Å². The van der Waals surface area contributed by atoms with Crippen molar-refractivity contribution in [2.75, 3.05) is 26.2 Å². The van der Waals surface area contributed by atoms with Gasteiger partial charge >= 0.3 is 0 Å². The van der Waals surface area contributed by atoms with Gasteiger partial charge in [-0.3, -0.25) is 4.79 Å². The molecule has 0 aromatic carbocycles. The molecule has 3 atom stereocenters. The Morgan fingerprint density at radius 1 is 1.59 bits per heavy atom. The van der Waals surface area contributed by atoms with Gasteiger partial charge in [-0.25, -0.2) is 0 Å². The summed E-state index contributed by atoms with van der Waals surface area (Å²) in [6.45, 7) is 7.92. The SMILES string of the molecule is CCNC(C)CC(=O)N1CC(C)OC(CO)C1. The first-order valence-corrected chi connectivity index (χ1v) is 6.34. The van der Waals surface area contributed by atoms with Crippen LogP contribution in [0.2, 0.25) is 0 Å². The van der Waals surface area contributed by atoms with Crippen molar-refractivity contribution in [2.24, 2.45) is 0 Å². The van der Waals surface area contributed by atoms with E-state index in [9.17, 15) is 4.79 Å². The van der Waals surface area contributed by atoms with E-state index in [0.29, 0.717) is 19.5 Å². The molecule has 1 heterocycles. The van der Waals surface area contributed by atoms with Crippen LogP contribution < -0.4 is 5.32 Å². The van der Waals surface area contributed by atoms with Crippen molar-refractivity contribution >= 4 is 5.91 Å². The van der Waals surface area contributed by atoms with Gasteiger partial charge in [0.15, 0.2) is 0 Å². The summed E-state index contributed by atoms with van der Waals surface area (Å²) in [7, 11) is 0. The summed E-state index contributed by atoms with van der Waals surface area (Å²) in [5.74, 6) is 0.132. The lowest BCUT2D eigenvalue weighted by Gasteiger charge is -2.36. The van der Waals surface area contributed by atoms with Crippen LogP contribution in [0.3, 0.4) is 0 Å². The topological polar surface area (TPSA) is 61.8 Å². The Balaban J connectivity index is 2.44. The van der Waals surface area contributed by atoms with E-state index < -0.39 is 0 Å². The van der Waals surface area contributed by atoms with Crippen molar-refractivity contribution < 1.29 is 14.6 Å². The first-order chi connectivity index (χ1) is 8.06. The normalized spacial score (nSPS) is 26.9. The van der Waals surface area contributed by atoms with E-state index in [2.05, 4.69) is 5.32 Å². The predicted molar refractivity (Wildman–Crippen MR) is 65.8 cm³/mol. The fraction of sp³-hybridized carbons (Fsp3) is 0.917. The summed E-state index contributed by atoms with van der Waals surface area (Å²) in [5.41, 5.74) is 0. The second-order valence-electron chi connectivity index (χ2n) is 4.71. The average molecular weight is 244 g/mol. The zero-order chi connectivity index (χ0) is 12.8. The van der Waals surface area contributed by atoms with Gasteiger partial charge in [0.1, 0.15) is 0 Å². The maximum Gasteiger partial charge on any atom is 0.224 e. The third-order valence-electron chi connectivity index (χ3n) is 2.92. The van der Waals surface area contributed by atoms with Crippen LogP contribution in [0.15, 0.2) is 0 Å². The summed E-state index contributed by atoms with van der Waals surface area (Å²) < 4.78 is 5.51. The van der Waals surface area contributed by atoms with Gasteiger partial charge in [0.25, 0.3) is 0 Å². The van der Waals surface area contributed by atoms with Crippen LogP contribution >= 0.6 is 0 Å². The van der Waals surface area contributed by atoms with Gasteiger partial charge in [-0.2, -0.15) is 0 Å². The Morgan fingerprint density at radius 3 is 2.88 bits per heavy atom. The highest BCUT2D eigenvalue weighted by Crippen LogP contribution is 2.12. The van der Waals surface area contributed by atoms with Gasteiger partial charge in [-0.05, 0) is 20.4 Å². The number of ether oxygens (including phenoxy) is 1. The second-order valence-corrected chi connectivity index (χ2v) is 4.71. The molecule has 17 heavy (non-hydrogen) atoms. The van der Waals surface area contributed by atoms with Gasteiger partial charge in [-0.15, -0.1) is 0 Å². The number of amides is 1. The molecule has 5 nitrogen and oxygen atoms in total. The molecule has 1 amide bonds. The lowest BCUT2D eigenvalue weighted by molar-refractivity contribution is -0.147. The zero-order valence-electron chi connectivity index (χ0n) is 11.0. The fourth-order valence-corrected chi connectivity index (χ4v) is 2.16. The van der Waals surface area contributed by atoms with Crippen LogP contribution in [0.4, 0.5) is 0 Å². The number of nitrogens with one attached hydrogen (secondary N) is 1. The fourth-order valence-electron chi connectivity index (χ4n) is 2.16. The van der Waals surface area contributed by atoms with Crippen LogP contribution in [0.25, 0.3) is 0 Å². The number of carbonyl (C=O) groups is 1. The lowest BCUT2D eigenvalue weighted by Crippen LogP contribution is -2.51. The third-order valence-corrected chi connectivity index (χ3v) is 2.92. The van der Waals surface area contributed by atoms with Crippen LogP contribution in [0.5, 0.6) is 0 Å². The first kappa shape index (κ1) is 14.4. The van der Waals surface area contributed by atoms with Crippen molar-refractivity contribution in [3.8, 4) is 0 Å². The van der Waals surface area contributed by atoms with Crippen LogP contribution in [0.1, 0.15) is 27.2 Å². The van der Waals surface area contributed by atoms with Gasteiger partial charge in [-0.1, -0.05) is 6.92 Å². The molecule has 1 fully saturated rings. The second kappa shape index (κ2) is 6.93. The largest absolute Gasteiger partial charge is 0.394 e. The highest BCUT2D eigenvalue weighted by molar-refractivity contribution is 5.77. The van der Waals surface area contributed by atoms with Crippen molar-refractivity contribution in [2.45, 2.75) is 45.4 Å². The third kappa shape index (κ3) is 4.61. The highest BCUT2D eigenvalue weighted by Gasteiger charge is 2.28. The zero-order valence-corrected chi connectivity index (χ0v) is 11.0. The van der Waals surface area contributed by atoms with E-state index in [1.807, 2.05) is 20.8 Å². The number of hydrogen-bond donors (Lipinski definition) is 2. The van der Waals surface area contributed by atoms with E-state index >= 15 is 0 Å². The van der Waals surface area contributed by atoms with Crippen molar-refractivity contribution in [1.29, 1.82) is 0 Å². The highest BCUT2D eigenvalue weighted by atomic mass is 16.5. The molecule has 0 spiro atoms. The molecule has 1 aliphatic heterocycles. The number of hydrogen-bond acceptors (Lipinski definition) is 4. The minimum absolute atomic E-state index is 0.000657. The summed E-state index contributed by atoms with van der Waals surface area (Å²) >= 11 is 0. The number of morpholine rings is 1. The molecule has 2 N–H and O–H groups in total. The summed E-state index contributed by atoms with van der Waals surface area (Å²) in [4.78, 5) is 13.8. The Bertz CT molecular complexity index is 248. The molecule has 0 aromatic heterocycles. The molecule has 0 saturated carbocycles. The molecule has 0 radical (unpaired) electrons. The number of carbonyl (C=O) groups excluding carboxylic acids is 1. The standard InChI is InChI=1S/C12H24N2O3/c1-4-13-9(2)5-12(16)14-6-10(3)17-11(7-14)8-15/h9-11,13,15H,4-8H2,1-3H3. The minimum Gasteiger partial charge on any atom is -0.394 e. The number of aliphatic hydroxyl groups is 1. The van der Waals surface area contributed by atoms with Crippen molar-refractivity contribution in [3.05, 3.63) is 0 Å². The molecule has 0 aromatic rings. The lowest BCUT2D eigenvalue weighted by atomic mass is 10.1. The van der Waals surface area contributed by atoms with E-state index in [1.165, 1.54) is 0 Å². The number of rotatable bonds is 5. The van der Waals surface area contributed by atoms with E-state index in [0.717, 1.165) is 6.54 Å². The molecule has 0 aliphatic carbocycles. The quantitative estimate of drug-likeness (QED) is 0.713. The number of aliphatic hydroxyl groups excluding tert-OH is 1. The molecular formula is C12H24N2O3. The van der Waals surface area contributed by atoms with Crippen LogP contribution in [0, 0.1) is 0 Å². The van der Waals surface area contributed by atoms with Gasteiger partial charge < -0.3 is 20.1 Å². The first-order valence-electron chi connectivity index (χ1n) is 6.34. The predicted octanol–water partition coefficient (Wildman–Crippen LogP) is -0.0173. The smallest absolute Gasteiger partial charge is 0.224 e. The Kier molecular flexibility index (Phi) is 5.88. The minimum atomic E-state index is -0.239. The molecule has 1 saturated heterocycles. The van der Waals surface area contributed by atoms with Gasteiger partial charge in [0, 0.05) is 25.6 Å². The summed E-state index contributed by atoms with van der Waals surface area (Å²) in [5, 5.41) is 12.3. The molecule has 1 aliphatic rings. The van der Waals surface area contributed by atoms with Crippen LogP contribution in [-0.4, -0.2) is 60.4 Å². The Morgan fingerprint density at radius 2 is 2.29 bits per heavy atom. The molecule has 0 bridgehead atoms. The van der Waals surface area contributed by atoms with Crippen LogP contribution in [-0.2, 0) is 9.53 Å². The summed E-state index contributed by atoms with van der Waals surface area (Å²) in [6.07, 6.45) is 0.259. The monoisotopic (exact) mass is 244 g/mol. The molecular weight excluding hydrogens is 220 g/mol. The van der Waals surface area contributed by atoms with Gasteiger partial charge in [0.05, 0.1) is 18.8 Å². The van der Waals surface area contributed by atoms with E-state index in [1.54, 1.807) is 4.90 Å².